The lowest BCUT2D eigenvalue weighted by molar-refractivity contribution is -0.119. The fourth-order valence-corrected chi connectivity index (χ4v) is 2.99. The quantitative estimate of drug-likeness (QED) is 0.545. The molecule has 0 aliphatic heterocycles. The Hall–Kier alpha value is -3.06. The number of carbonyl (C=O) groups excluding carboxylic acids is 2. The van der Waals surface area contributed by atoms with Gasteiger partial charge in [-0.25, -0.2) is 9.37 Å². The summed E-state index contributed by atoms with van der Waals surface area (Å²) in [5, 5.41) is 5.52. The predicted molar refractivity (Wildman–Crippen MR) is 114 cm³/mol. The fraction of sp³-hybridized carbons (Fsp3) is 0.136. The molecule has 2 aromatic carbocycles. The number of pyridine rings is 1. The molecule has 0 saturated carbocycles. The lowest BCUT2D eigenvalue weighted by Gasteiger charge is -2.13. The molecule has 1 heterocycles. The van der Waals surface area contributed by atoms with Gasteiger partial charge in [0, 0.05) is 27.8 Å². The molecule has 3 rings (SSSR count). The van der Waals surface area contributed by atoms with Gasteiger partial charge in [0.05, 0.1) is 0 Å². The first-order valence-corrected chi connectivity index (χ1v) is 9.78. The molecule has 0 aliphatic carbocycles. The van der Waals surface area contributed by atoms with Gasteiger partial charge in [0.15, 0.2) is 0 Å². The number of amides is 2. The summed E-state index contributed by atoms with van der Waals surface area (Å²) >= 11 is 3.29. The van der Waals surface area contributed by atoms with Crippen molar-refractivity contribution in [3.8, 4) is 0 Å². The molecule has 7 heteroatoms. The van der Waals surface area contributed by atoms with Crippen molar-refractivity contribution in [2.24, 2.45) is 5.92 Å². The third-order valence-electron chi connectivity index (χ3n) is 4.24. The Morgan fingerprint density at radius 1 is 1.07 bits per heavy atom. The molecular weight excluding hydrogens is 437 g/mol. The number of aromatic nitrogens is 1. The van der Waals surface area contributed by atoms with E-state index in [2.05, 4.69) is 31.5 Å². The summed E-state index contributed by atoms with van der Waals surface area (Å²) in [6.45, 7) is 1.77. The second-order valence-corrected chi connectivity index (χ2v) is 7.54. The normalized spacial score (nSPS) is 11.6. The van der Waals surface area contributed by atoms with Gasteiger partial charge in [-0.15, -0.1) is 0 Å². The topological polar surface area (TPSA) is 71.1 Å². The molecule has 0 radical (unpaired) electrons. The van der Waals surface area contributed by atoms with Crippen LogP contribution < -0.4 is 10.6 Å². The van der Waals surface area contributed by atoms with Crippen LogP contribution in [0.4, 0.5) is 15.9 Å². The second kappa shape index (κ2) is 9.43. The largest absolute Gasteiger partial charge is 0.326 e. The van der Waals surface area contributed by atoms with Crippen LogP contribution in [0, 0.1) is 11.7 Å². The zero-order chi connectivity index (χ0) is 20.8. The molecule has 5 nitrogen and oxygen atoms in total. The SMILES string of the molecule is CC(Cc1cccc(F)c1)C(=O)Nc1cccc(C(=O)Nc2ccc(Br)cn2)c1. The summed E-state index contributed by atoms with van der Waals surface area (Å²) in [5.74, 6) is -0.795. The number of hydrogen-bond acceptors (Lipinski definition) is 3. The van der Waals surface area contributed by atoms with Gasteiger partial charge in [-0.1, -0.05) is 25.1 Å². The van der Waals surface area contributed by atoms with Crippen LogP contribution in [0.3, 0.4) is 0 Å². The molecule has 1 atom stereocenters. The predicted octanol–water partition coefficient (Wildman–Crippen LogP) is 5.05. The first kappa shape index (κ1) is 20.7. The number of benzene rings is 2. The van der Waals surface area contributed by atoms with Gasteiger partial charge in [0.1, 0.15) is 11.6 Å². The molecule has 148 valence electrons. The number of nitrogens with zero attached hydrogens (tertiary/aromatic N) is 1. The Kier molecular flexibility index (Phi) is 6.72. The Labute approximate surface area is 176 Å². The molecule has 0 aliphatic rings. The lowest BCUT2D eigenvalue weighted by atomic mass is 10.00. The highest BCUT2D eigenvalue weighted by molar-refractivity contribution is 9.10. The van der Waals surface area contributed by atoms with Gasteiger partial charge in [-0.3, -0.25) is 9.59 Å². The van der Waals surface area contributed by atoms with Crippen molar-refractivity contribution >= 4 is 39.2 Å². The summed E-state index contributed by atoms with van der Waals surface area (Å²) in [6, 6.07) is 16.3. The van der Waals surface area contributed by atoms with E-state index in [4.69, 9.17) is 0 Å². The van der Waals surface area contributed by atoms with Crippen LogP contribution in [-0.2, 0) is 11.2 Å². The van der Waals surface area contributed by atoms with E-state index >= 15 is 0 Å². The van der Waals surface area contributed by atoms with Crippen LogP contribution in [0.5, 0.6) is 0 Å². The number of anilines is 2. The van der Waals surface area contributed by atoms with Gasteiger partial charge >= 0.3 is 0 Å². The maximum Gasteiger partial charge on any atom is 0.256 e. The van der Waals surface area contributed by atoms with Crippen molar-refractivity contribution in [2.45, 2.75) is 13.3 Å². The molecule has 1 aromatic heterocycles. The summed E-state index contributed by atoms with van der Waals surface area (Å²) in [7, 11) is 0. The van der Waals surface area contributed by atoms with Gasteiger partial charge in [-0.2, -0.15) is 0 Å². The average Bonchev–Trinajstić information content (AvgIpc) is 2.70. The van der Waals surface area contributed by atoms with Crippen molar-refractivity contribution in [3.05, 3.63) is 88.3 Å². The zero-order valence-electron chi connectivity index (χ0n) is 15.7. The number of nitrogens with one attached hydrogen (secondary N) is 2. The average molecular weight is 456 g/mol. The van der Waals surface area contributed by atoms with Crippen molar-refractivity contribution in [2.75, 3.05) is 10.6 Å². The highest BCUT2D eigenvalue weighted by atomic mass is 79.9. The number of carbonyl (C=O) groups is 2. The molecule has 0 fully saturated rings. The maximum atomic E-state index is 13.3. The van der Waals surface area contributed by atoms with E-state index in [1.807, 2.05) is 0 Å². The molecule has 0 spiro atoms. The maximum absolute atomic E-state index is 13.3. The molecular formula is C22H19BrFN3O2. The van der Waals surface area contributed by atoms with E-state index in [0.717, 1.165) is 10.0 Å². The fourth-order valence-electron chi connectivity index (χ4n) is 2.75. The molecule has 3 aromatic rings. The van der Waals surface area contributed by atoms with Gasteiger partial charge in [-0.05, 0) is 70.4 Å². The Balaban J connectivity index is 1.63. The van der Waals surface area contributed by atoms with Crippen molar-refractivity contribution in [1.82, 2.24) is 4.98 Å². The summed E-state index contributed by atoms with van der Waals surface area (Å²) in [5.41, 5.74) is 1.66. The van der Waals surface area contributed by atoms with Gasteiger partial charge in [0.2, 0.25) is 5.91 Å². The first-order valence-electron chi connectivity index (χ1n) is 8.99. The van der Waals surface area contributed by atoms with E-state index in [0.29, 0.717) is 23.5 Å². The van der Waals surface area contributed by atoms with E-state index in [1.54, 1.807) is 61.7 Å². The monoisotopic (exact) mass is 455 g/mol. The van der Waals surface area contributed by atoms with Crippen LogP contribution in [0.1, 0.15) is 22.8 Å². The summed E-state index contributed by atoms with van der Waals surface area (Å²) in [6.07, 6.45) is 2.01. The van der Waals surface area contributed by atoms with Crippen LogP contribution in [-0.4, -0.2) is 16.8 Å². The van der Waals surface area contributed by atoms with E-state index in [1.165, 1.54) is 12.1 Å². The molecule has 0 bridgehead atoms. The smallest absolute Gasteiger partial charge is 0.256 e. The van der Waals surface area contributed by atoms with Crippen LogP contribution in [0.25, 0.3) is 0 Å². The summed E-state index contributed by atoms with van der Waals surface area (Å²) < 4.78 is 14.1. The van der Waals surface area contributed by atoms with Gasteiger partial charge in [0.25, 0.3) is 5.91 Å². The highest BCUT2D eigenvalue weighted by Gasteiger charge is 2.15. The van der Waals surface area contributed by atoms with Crippen molar-refractivity contribution < 1.29 is 14.0 Å². The molecule has 2 amide bonds. The van der Waals surface area contributed by atoms with Crippen molar-refractivity contribution in [3.63, 3.8) is 0 Å². The molecule has 1 unspecified atom stereocenters. The van der Waals surface area contributed by atoms with Crippen molar-refractivity contribution in [1.29, 1.82) is 0 Å². The third-order valence-corrected chi connectivity index (χ3v) is 4.71. The zero-order valence-corrected chi connectivity index (χ0v) is 17.2. The number of rotatable bonds is 6. The number of halogens is 2. The van der Waals surface area contributed by atoms with Gasteiger partial charge < -0.3 is 10.6 Å². The standard InChI is InChI=1S/C22H19BrFN3O2/c1-14(10-15-4-2-6-18(24)11-15)21(28)26-19-7-3-5-16(12-19)22(29)27-20-9-8-17(23)13-25-20/h2-9,11-14H,10H2,1H3,(H,26,28)(H,25,27,29). The molecule has 0 saturated heterocycles. The molecule has 2 N–H and O–H groups in total. The third kappa shape index (κ3) is 5.96. The minimum Gasteiger partial charge on any atom is -0.326 e. The summed E-state index contributed by atoms with van der Waals surface area (Å²) in [4.78, 5) is 29.0. The Morgan fingerprint density at radius 3 is 2.59 bits per heavy atom. The van der Waals surface area contributed by atoms with E-state index < -0.39 is 0 Å². The number of hydrogen-bond donors (Lipinski definition) is 2. The minimum absolute atomic E-state index is 0.207. The Bertz CT molecular complexity index is 1020. The first-order chi connectivity index (χ1) is 13.9. The minimum atomic E-state index is -0.360. The van der Waals surface area contributed by atoms with E-state index in [-0.39, 0.29) is 23.5 Å². The van der Waals surface area contributed by atoms with Crippen LogP contribution in [0.2, 0.25) is 0 Å². The lowest BCUT2D eigenvalue weighted by Crippen LogP contribution is -2.22. The highest BCUT2D eigenvalue weighted by Crippen LogP contribution is 2.17. The van der Waals surface area contributed by atoms with Crippen LogP contribution in [0.15, 0.2) is 71.3 Å². The van der Waals surface area contributed by atoms with E-state index in [9.17, 15) is 14.0 Å². The molecule has 29 heavy (non-hydrogen) atoms. The Morgan fingerprint density at radius 2 is 1.86 bits per heavy atom. The second-order valence-electron chi connectivity index (χ2n) is 6.62. The van der Waals surface area contributed by atoms with Crippen LogP contribution >= 0.6 is 15.9 Å².